The molecule has 1 amide bonds. The number of carbonyl (C=O) groups is 1. The quantitative estimate of drug-likeness (QED) is 0.302. The zero-order valence-electron chi connectivity index (χ0n) is 21.8. The lowest BCUT2D eigenvalue weighted by atomic mass is 10.1. The maximum Gasteiger partial charge on any atom is 0.272 e. The Balaban J connectivity index is 1.23. The molecule has 0 spiro atoms. The fourth-order valence-electron chi connectivity index (χ4n) is 4.39. The number of rotatable bonds is 7. The summed E-state index contributed by atoms with van der Waals surface area (Å²) in [5.41, 5.74) is 2.41. The van der Waals surface area contributed by atoms with E-state index in [0.717, 1.165) is 5.56 Å². The van der Waals surface area contributed by atoms with Gasteiger partial charge in [0.1, 0.15) is 23.0 Å². The predicted molar refractivity (Wildman–Crippen MR) is 151 cm³/mol. The summed E-state index contributed by atoms with van der Waals surface area (Å²) in [7, 11) is -2.06. The van der Waals surface area contributed by atoms with Crippen molar-refractivity contribution in [2.75, 3.05) is 33.2 Å². The summed E-state index contributed by atoms with van der Waals surface area (Å²) in [5, 5.41) is 0. The van der Waals surface area contributed by atoms with E-state index in [9.17, 15) is 17.6 Å². The Kier molecular flexibility index (Phi) is 7.99. The molecule has 2 heterocycles. The molecule has 1 saturated heterocycles. The Morgan fingerprint density at radius 2 is 1.55 bits per heavy atom. The second kappa shape index (κ2) is 11.8. The first-order valence-corrected chi connectivity index (χ1v) is 14.1. The fourth-order valence-corrected chi connectivity index (χ4v) is 5.87. The minimum absolute atomic E-state index is 0.190. The van der Waals surface area contributed by atoms with E-state index in [1.54, 1.807) is 78.8 Å². The zero-order chi connectivity index (χ0) is 28.1. The number of nitrogens with zero attached hydrogens (tertiary/aromatic N) is 4. The third-order valence-corrected chi connectivity index (χ3v) is 8.36. The van der Waals surface area contributed by atoms with Gasteiger partial charge in [-0.05, 0) is 78.4 Å². The lowest BCUT2D eigenvalue weighted by Crippen LogP contribution is -2.50. The van der Waals surface area contributed by atoms with Gasteiger partial charge in [0.15, 0.2) is 0 Å². The molecule has 10 heteroatoms. The lowest BCUT2D eigenvalue weighted by molar-refractivity contribution is 0.0692. The first kappa shape index (κ1) is 27.2. The molecule has 3 aromatic carbocycles. The van der Waals surface area contributed by atoms with E-state index in [2.05, 4.69) is 9.98 Å². The highest BCUT2D eigenvalue weighted by Gasteiger charge is 2.31. The maximum absolute atomic E-state index is 13.2. The first-order chi connectivity index (χ1) is 19.3. The molecule has 5 rings (SSSR count). The monoisotopic (exact) mass is 558 g/mol. The van der Waals surface area contributed by atoms with Crippen LogP contribution in [0.25, 0.3) is 11.3 Å². The number of amides is 1. The average molecular weight is 559 g/mol. The van der Waals surface area contributed by atoms with Crippen LogP contribution in [-0.4, -0.2) is 68.0 Å². The van der Waals surface area contributed by atoms with Crippen LogP contribution in [0.5, 0.6) is 11.5 Å². The van der Waals surface area contributed by atoms with Crippen LogP contribution in [0.2, 0.25) is 0 Å². The van der Waals surface area contributed by atoms with Crippen LogP contribution in [0.1, 0.15) is 16.1 Å². The number of hydrogen-bond acceptors (Lipinski definition) is 6. The SMILES string of the molecule is CN=Cc1cccc(S(=O)(=O)N2CCN(C(=O)c3cccc(-c4ccc(Oc5ccc(F)cc5)cc4)n3)CC2)c1. The molecule has 1 aromatic heterocycles. The van der Waals surface area contributed by atoms with Gasteiger partial charge in [-0.25, -0.2) is 17.8 Å². The second-order valence-corrected chi connectivity index (χ2v) is 11.1. The molecular weight excluding hydrogens is 531 g/mol. The zero-order valence-corrected chi connectivity index (χ0v) is 22.6. The molecule has 0 atom stereocenters. The number of piperazine rings is 1. The molecule has 1 fully saturated rings. The summed E-state index contributed by atoms with van der Waals surface area (Å²) in [4.78, 5) is 23.6. The van der Waals surface area contributed by atoms with Gasteiger partial charge in [0.2, 0.25) is 10.0 Å². The fraction of sp³-hybridized carbons (Fsp3) is 0.167. The third-order valence-electron chi connectivity index (χ3n) is 6.47. The number of aliphatic imine (C=N–C) groups is 1. The van der Waals surface area contributed by atoms with Gasteiger partial charge in [-0.15, -0.1) is 0 Å². The van der Waals surface area contributed by atoms with Gasteiger partial charge >= 0.3 is 0 Å². The van der Waals surface area contributed by atoms with Gasteiger partial charge < -0.3 is 9.64 Å². The Morgan fingerprint density at radius 3 is 2.23 bits per heavy atom. The van der Waals surface area contributed by atoms with E-state index < -0.39 is 10.0 Å². The molecule has 0 saturated carbocycles. The smallest absolute Gasteiger partial charge is 0.272 e. The van der Waals surface area contributed by atoms with Gasteiger partial charge in [-0.1, -0.05) is 18.2 Å². The highest BCUT2D eigenvalue weighted by atomic mass is 32.2. The summed E-state index contributed by atoms with van der Waals surface area (Å²) >= 11 is 0. The normalized spacial score (nSPS) is 14.4. The number of halogens is 1. The summed E-state index contributed by atoms with van der Waals surface area (Å²) in [5.74, 6) is 0.517. The Hall–Kier alpha value is -4.41. The predicted octanol–water partition coefficient (Wildman–Crippen LogP) is 4.88. The Bertz CT molecular complexity index is 1630. The van der Waals surface area contributed by atoms with E-state index >= 15 is 0 Å². The number of pyridine rings is 1. The van der Waals surface area contributed by atoms with E-state index in [1.165, 1.54) is 16.4 Å². The van der Waals surface area contributed by atoms with Gasteiger partial charge in [-0.3, -0.25) is 9.79 Å². The molecule has 40 heavy (non-hydrogen) atoms. The molecule has 204 valence electrons. The highest BCUT2D eigenvalue weighted by Crippen LogP contribution is 2.26. The van der Waals surface area contributed by atoms with Crippen LogP contribution in [0.15, 0.2) is 101 Å². The van der Waals surface area contributed by atoms with Crippen LogP contribution in [0.3, 0.4) is 0 Å². The summed E-state index contributed by atoms with van der Waals surface area (Å²) < 4.78 is 46.6. The number of sulfonamides is 1. The Morgan fingerprint density at radius 1 is 0.900 bits per heavy atom. The maximum atomic E-state index is 13.2. The van der Waals surface area contributed by atoms with Crippen molar-refractivity contribution in [1.82, 2.24) is 14.2 Å². The first-order valence-electron chi connectivity index (χ1n) is 12.7. The Labute approximate surface area is 232 Å². The van der Waals surface area contributed by atoms with Crippen LogP contribution in [0, 0.1) is 5.82 Å². The molecule has 1 aliphatic heterocycles. The molecule has 4 aromatic rings. The average Bonchev–Trinajstić information content (AvgIpc) is 2.99. The van der Waals surface area contributed by atoms with Gasteiger partial charge in [-0.2, -0.15) is 4.31 Å². The second-order valence-electron chi connectivity index (χ2n) is 9.14. The van der Waals surface area contributed by atoms with Crippen molar-refractivity contribution in [2.24, 2.45) is 4.99 Å². The molecule has 0 N–H and O–H groups in total. The van der Waals surface area contributed by atoms with E-state index in [-0.39, 0.29) is 48.5 Å². The van der Waals surface area contributed by atoms with Crippen molar-refractivity contribution in [3.05, 3.63) is 108 Å². The van der Waals surface area contributed by atoms with E-state index in [0.29, 0.717) is 22.8 Å². The molecule has 8 nitrogen and oxygen atoms in total. The van der Waals surface area contributed by atoms with E-state index in [4.69, 9.17) is 4.74 Å². The van der Waals surface area contributed by atoms with Crippen molar-refractivity contribution in [3.8, 4) is 22.8 Å². The van der Waals surface area contributed by atoms with Gasteiger partial charge in [0.05, 0.1) is 10.6 Å². The van der Waals surface area contributed by atoms with Crippen LogP contribution >= 0.6 is 0 Å². The standard InChI is InChI=1S/C30H27FN4O4S/c1-32-21-22-4-2-5-27(20-22)40(37,38)35-18-16-34(17-19-35)30(36)29-7-3-6-28(33-29)23-8-12-25(13-9-23)39-26-14-10-24(31)11-15-26/h2-15,20-21H,16-19H2,1H3. The van der Waals surface area contributed by atoms with Crippen molar-refractivity contribution < 1.29 is 22.3 Å². The molecule has 0 aliphatic carbocycles. The molecule has 0 unspecified atom stereocenters. The number of ether oxygens (including phenoxy) is 1. The van der Waals surface area contributed by atoms with Crippen molar-refractivity contribution >= 4 is 22.1 Å². The number of carbonyl (C=O) groups excluding carboxylic acids is 1. The number of benzene rings is 3. The summed E-state index contributed by atoms with van der Waals surface area (Å²) in [6, 6.07) is 24.9. The third kappa shape index (κ3) is 6.08. The van der Waals surface area contributed by atoms with Crippen LogP contribution < -0.4 is 4.74 Å². The summed E-state index contributed by atoms with van der Waals surface area (Å²) in [6.07, 6.45) is 1.60. The van der Waals surface area contributed by atoms with Crippen molar-refractivity contribution in [2.45, 2.75) is 4.90 Å². The topological polar surface area (TPSA) is 92.2 Å². The summed E-state index contributed by atoms with van der Waals surface area (Å²) in [6.45, 7) is 0.899. The highest BCUT2D eigenvalue weighted by molar-refractivity contribution is 7.89. The molecular formula is C30H27FN4O4S. The van der Waals surface area contributed by atoms with Gasteiger partial charge in [0.25, 0.3) is 5.91 Å². The molecule has 0 bridgehead atoms. The molecule has 1 aliphatic rings. The minimum Gasteiger partial charge on any atom is -0.457 e. The lowest BCUT2D eigenvalue weighted by Gasteiger charge is -2.33. The largest absolute Gasteiger partial charge is 0.457 e. The van der Waals surface area contributed by atoms with Crippen molar-refractivity contribution in [1.29, 1.82) is 0 Å². The molecule has 0 radical (unpaired) electrons. The van der Waals surface area contributed by atoms with Crippen LogP contribution in [0.4, 0.5) is 4.39 Å². The van der Waals surface area contributed by atoms with Crippen LogP contribution in [-0.2, 0) is 10.0 Å². The number of aromatic nitrogens is 1. The van der Waals surface area contributed by atoms with Gasteiger partial charge in [0, 0.05) is 45.0 Å². The van der Waals surface area contributed by atoms with E-state index in [1.807, 2.05) is 18.2 Å². The van der Waals surface area contributed by atoms with Crippen molar-refractivity contribution in [3.63, 3.8) is 0 Å². The number of hydrogen-bond donors (Lipinski definition) is 0. The minimum atomic E-state index is -3.69.